The first-order chi connectivity index (χ1) is 34.2. The maximum absolute atomic E-state index is 6.94. The number of fused-ring (bicyclic) bond motifs is 19. The molecule has 3 heteroatoms. The minimum absolute atomic E-state index is 0.621. The van der Waals surface area contributed by atoms with Crippen molar-refractivity contribution in [3.63, 3.8) is 0 Å². The molecule has 2 aliphatic heterocycles. The highest BCUT2D eigenvalue weighted by Crippen LogP contribution is 2.67. The van der Waals surface area contributed by atoms with Gasteiger partial charge >= 0.3 is 0 Å². The van der Waals surface area contributed by atoms with Crippen molar-refractivity contribution >= 4 is 27.8 Å². The number of ether oxygens (including phenoxy) is 2. The van der Waals surface area contributed by atoms with E-state index in [1.54, 1.807) is 0 Å². The van der Waals surface area contributed by atoms with Crippen LogP contribution in [0.1, 0.15) is 44.5 Å². The summed E-state index contributed by atoms with van der Waals surface area (Å²) in [5, 5.41) is 2.34. The molecule has 0 radical (unpaired) electrons. The summed E-state index contributed by atoms with van der Waals surface area (Å²) >= 11 is 0. The van der Waals surface area contributed by atoms with E-state index in [4.69, 9.17) is 9.47 Å². The van der Waals surface area contributed by atoms with Gasteiger partial charge in [-0.05, 0) is 110 Å². The van der Waals surface area contributed by atoms with Gasteiger partial charge in [0.25, 0.3) is 0 Å². The first-order valence-corrected chi connectivity index (χ1v) is 23.8. The highest BCUT2D eigenvalue weighted by Gasteiger charge is 2.54. The van der Waals surface area contributed by atoms with Gasteiger partial charge in [-0.15, -0.1) is 0 Å². The van der Waals surface area contributed by atoms with Gasteiger partial charge in [-0.3, -0.25) is 0 Å². The predicted molar refractivity (Wildman–Crippen MR) is 279 cm³/mol. The largest absolute Gasteiger partial charge is 0.457 e. The molecule has 4 aliphatic rings. The molecule has 2 aliphatic carbocycles. The monoisotopic (exact) mass is 879 g/mol. The molecule has 1 atom stereocenters. The summed E-state index contributed by atoms with van der Waals surface area (Å²) in [5.41, 5.74) is 18.7. The van der Waals surface area contributed by atoms with Gasteiger partial charge in [0, 0.05) is 39.1 Å². The van der Waals surface area contributed by atoms with Crippen molar-refractivity contribution < 1.29 is 9.47 Å². The zero-order valence-corrected chi connectivity index (χ0v) is 37.4. The van der Waals surface area contributed by atoms with Gasteiger partial charge < -0.3 is 14.4 Å². The minimum atomic E-state index is -0.663. The van der Waals surface area contributed by atoms with Crippen LogP contribution in [-0.4, -0.2) is 0 Å². The van der Waals surface area contributed by atoms with Gasteiger partial charge in [0.15, 0.2) is 0 Å². The average molecular weight is 880 g/mol. The first kappa shape index (κ1) is 38.2. The summed E-state index contributed by atoms with van der Waals surface area (Å²) in [5.74, 6) is 3.52. The molecule has 0 N–H and O–H groups in total. The van der Waals surface area contributed by atoms with Gasteiger partial charge in [-0.1, -0.05) is 194 Å². The number of anilines is 3. The number of rotatable bonds is 4. The standard InChI is InChI=1S/C66H41NO2/c1-2-18-42(19-3-1)43-36-38-46(39-37-43)67(57-31-16-29-54-63(57)47-22-6-8-24-49(47)65(54)51-26-10-13-33-59(51)68-60-34-14-11-27-52(60)65)58-32-17-30-55-64(58)48-23-7-9-25-50(48)66(55)53-28-12-15-35-61(53)69-62-41-45-21-5-4-20-44(45)40-56(62)66/h1-41H. The molecular weight excluding hydrogens is 839 g/mol. The van der Waals surface area contributed by atoms with E-state index in [1.807, 2.05) is 0 Å². The zero-order valence-electron chi connectivity index (χ0n) is 37.4. The van der Waals surface area contributed by atoms with Crippen molar-refractivity contribution in [3.8, 4) is 56.4 Å². The van der Waals surface area contributed by atoms with Crippen molar-refractivity contribution in [1.29, 1.82) is 0 Å². The van der Waals surface area contributed by atoms with Crippen molar-refractivity contribution in [1.82, 2.24) is 0 Å². The maximum atomic E-state index is 6.94. The van der Waals surface area contributed by atoms with Crippen LogP contribution in [-0.2, 0) is 10.8 Å². The Hall–Kier alpha value is -8.92. The Morgan fingerprint density at radius 3 is 1.23 bits per heavy atom. The lowest BCUT2D eigenvalue weighted by molar-refractivity contribution is 0.436. The number of benzene rings is 11. The SMILES string of the molecule is c1ccc(-c2ccc(N(c3cccc4c3-c3ccccc3C43c4ccccc4Oc4ccccc43)c3cccc4c3-c3ccccc3C43c4ccccc4Oc4cc5ccccc5cc43)cc2)cc1. The summed E-state index contributed by atoms with van der Waals surface area (Å²) < 4.78 is 13.7. The first-order valence-electron chi connectivity index (χ1n) is 23.8. The molecule has 0 saturated heterocycles. The van der Waals surface area contributed by atoms with Crippen LogP contribution in [0.3, 0.4) is 0 Å². The van der Waals surface area contributed by atoms with Gasteiger partial charge in [0.05, 0.1) is 22.2 Å². The summed E-state index contributed by atoms with van der Waals surface area (Å²) in [6, 6.07) is 91.0. The van der Waals surface area contributed by atoms with E-state index in [2.05, 4.69) is 254 Å². The Labute approximate surface area is 400 Å². The van der Waals surface area contributed by atoms with Gasteiger partial charge in [-0.25, -0.2) is 0 Å². The quantitative estimate of drug-likeness (QED) is 0.176. The van der Waals surface area contributed by atoms with Crippen LogP contribution < -0.4 is 14.4 Å². The lowest BCUT2D eigenvalue weighted by Crippen LogP contribution is -2.32. The summed E-state index contributed by atoms with van der Waals surface area (Å²) in [6.07, 6.45) is 0. The third-order valence-corrected chi connectivity index (χ3v) is 15.4. The molecule has 0 fully saturated rings. The Kier molecular flexibility index (Phi) is 7.92. The normalized spacial score (nSPS) is 15.7. The fraction of sp³-hybridized carbons (Fsp3) is 0.0303. The summed E-state index contributed by atoms with van der Waals surface area (Å²) in [4.78, 5) is 2.54. The number of hydrogen-bond donors (Lipinski definition) is 0. The second-order valence-electron chi connectivity index (χ2n) is 18.6. The third kappa shape index (κ3) is 5.06. The molecule has 0 saturated carbocycles. The predicted octanol–water partition coefficient (Wildman–Crippen LogP) is 16.9. The van der Waals surface area contributed by atoms with Crippen molar-refractivity contribution in [2.75, 3.05) is 4.90 Å². The number of hydrogen-bond acceptors (Lipinski definition) is 3. The molecule has 2 spiro atoms. The molecule has 0 amide bonds. The summed E-state index contributed by atoms with van der Waals surface area (Å²) in [7, 11) is 0. The third-order valence-electron chi connectivity index (χ3n) is 15.4. The molecule has 1 unspecified atom stereocenters. The fourth-order valence-corrected chi connectivity index (χ4v) is 12.7. The van der Waals surface area contributed by atoms with Crippen LogP contribution in [0.4, 0.5) is 17.1 Å². The van der Waals surface area contributed by atoms with Gasteiger partial charge in [0.1, 0.15) is 23.0 Å². The second kappa shape index (κ2) is 14.3. The Bertz CT molecular complexity index is 3880. The Morgan fingerprint density at radius 2 is 0.681 bits per heavy atom. The van der Waals surface area contributed by atoms with Gasteiger partial charge in [0.2, 0.25) is 0 Å². The highest BCUT2D eigenvalue weighted by atomic mass is 16.5. The van der Waals surface area contributed by atoms with E-state index in [0.717, 1.165) is 67.7 Å². The van der Waals surface area contributed by atoms with Crippen LogP contribution in [0.2, 0.25) is 0 Å². The Morgan fingerprint density at radius 1 is 0.275 bits per heavy atom. The number of nitrogens with zero attached hydrogens (tertiary/aromatic N) is 1. The zero-order chi connectivity index (χ0) is 45.3. The molecule has 2 heterocycles. The maximum Gasteiger partial charge on any atom is 0.132 e. The van der Waals surface area contributed by atoms with Crippen LogP contribution in [0, 0.1) is 0 Å². The molecule has 11 aromatic rings. The van der Waals surface area contributed by atoms with E-state index in [1.165, 1.54) is 61.0 Å². The van der Waals surface area contributed by atoms with E-state index in [0.29, 0.717) is 0 Å². The van der Waals surface area contributed by atoms with E-state index < -0.39 is 10.8 Å². The van der Waals surface area contributed by atoms with Crippen LogP contribution in [0.25, 0.3) is 44.2 Å². The van der Waals surface area contributed by atoms with Crippen molar-refractivity contribution in [2.24, 2.45) is 0 Å². The lowest BCUT2D eigenvalue weighted by Gasteiger charge is -2.40. The van der Waals surface area contributed by atoms with Crippen LogP contribution in [0.5, 0.6) is 23.0 Å². The molecule has 11 aromatic carbocycles. The molecule has 69 heavy (non-hydrogen) atoms. The van der Waals surface area contributed by atoms with Crippen molar-refractivity contribution in [2.45, 2.75) is 10.8 Å². The molecular formula is C66H41NO2. The molecule has 0 bridgehead atoms. The molecule has 3 nitrogen and oxygen atoms in total. The smallest absolute Gasteiger partial charge is 0.132 e. The minimum Gasteiger partial charge on any atom is -0.457 e. The van der Waals surface area contributed by atoms with E-state index >= 15 is 0 Å². The molecule has 0 aromatic heterocycles. The Balaban J connectivity index is 1.05. The van der Waals surface area contributed by atoms with Crippen LogP contribution >= 0.6 is 0 Å². The van der Waals surface area contributed by atoms with Crippen LogP contribution in [0.15, 0.2) is 249 Å². The fourth-order valence-electron chi connectivity index (χ4n) is 12.7. The van der Waals surface area contributed by atoms with E-state index in [9.17, 15) is 0 Å². The van der Waals surface area contributed by atoms with Gasteiger partial charge in [-0.2, -0.15) is 0 Å². The van der Waals surface area contributed by atoms with Crippen molar-refractivity contribution in [3.05, 3.63) is 293 Å². The average Bonchev–Trinajstić information content (AvgIpc) is 3.88. The van der Waals surface area contributed by atoms with E-state index in [-0.39, 0.29) is 0 Å². The lowest BCUT2D eigenvalue weighted by atomic mass is 9.66. The highest BCUT2D eigenvalue weighted by molar-refractivity contribution is 6.04. The molecule has 322 valence electrons. The summed E-state index contributed by atoms with van der Waals surface area (Å²) in [6.45, 7) is 0. The topological polar surface area (TPSA) is 21.7 Å². The molecule has 15 rings (SSSR count). The second-order valence-corrected chi connectivity index (χ2v) is 18.6. The number of para-hydroxylation sites is 3.